The number of amides is 1. The summed E-state index contributed by atoms with van der Waals surface area (Å²) in [6.45, 7) is 1.48. The first-order valence-corrected chi connectivity index (χ1v) is 5.12. The Morgan fingerprint density at radius 3 is 2.89 bits per heavy atom. The van der Waals surface area contributed by atoms with Crippen molar-refractivity contribution in [3.63, 3.8) is 0 Å². The number of hydrogen-bond donors (Lipinski definition) is 3. The van der Waals surface area contributed by atoms with Crippen molar-refractivity contribution < 1.29 is 14.7 Å². The first kappa shape index (κ1) is 11.8. The Morgan fingerprint density at radius 2 is 2.28 bits per heavy atom. The van der Waals surface area contributed by atoms with Crippen molar-refractivity contribution >= 4 is 17.6 Å². The number of carbonyl (C=O) groups excluding carboxylic acids is 1. The number of carbonyl (C=O) groups is 2. The lowest BCUT2D eigenvalue weighted by atomic mass is 10.2. The molecule has 1 amide bonds. The molecule has 0 spiro atoms. The van der Waals surface area contributed by atoms with Crippen molar-refractivity contribution in [2.75, 3.05) is 5.32 Å². The maximum absolute atomic E-state index is 11.8. The molecule has 0 aromatic carbocycles. The molecule has 2 aromatic heterocycles. The van der Waals surface area contributed by atoms with Gasteiger partial charge in [-0.2, -0.15) is 10.2 Å². The molecule has 0 atom stereocenters. The molecule has 0 aliphatic heterocycles. The minimum absolute atomic E-state index is 0.249. The highest BCUT2D eigenvalue weighted by Crippen LogP contribution is 2.09. The van der Waals surface area contributed by atoms with Gasteiger partial charge in [0.25, 0.3) is 5.91 Å². The number of nitrogens with one attached hydrogen (secondary N) is 2. The van der Waals surface area contributed by atoms with E-state index in [1.54, 1.807) is 6.92 Å². The summed E-state index contributed by atoms with van der Waals surface area (Å²) in [7, 11) is 0. The van der Waals surface area contributed by atoms with Gasteiger partial charge in [0.05, 0.1) is 23.6 Å². The minimum atomic E-state index is -0.998. The van der Waals surface area contributed by atoms with Gasteiger partial charge in [0.15, 0.2) is 0 Å². The lowest BCUT2D eigenvalue weighted by molar-refractivity contribution is -0.137. The van der Waals surface area contributed by atoms with Crippen LogP contribution in [0, 0.1) is 6.92 Å². The van der Waals surface area contributed by atoms with Gasteiger partial charge in [-0.25, -0.2) is 0 Å². The summed E-state index contributed by atoms with van der Waals surface area (Å²) in [6, 6.07) is 0. The van der Waals surface area contributed by atoms with Crippen LogP contribution < -0.4 is 5.32 Å². The minimum Gasteiger partial charge on any atom is -0.480 e. The predicted molar refractivity (Wildman–Crippen MR) is 61.1 cm³/mol. The van der Waals surface area contributed by atoms with E-state index in [2.05, 4.69) is 20.6 Å². The molecule has 0 aliphatic rings. The van der Waals surface area contributed by atoms with Crippen LogP contribution in [0.15, 0.2) is 18.6 Å². The number of anilines is 1. The number of aromatic nitrogens is 4. The third-order valence-corrected chi connectivity index (χ3v) is 2.26. The van der Waals surface area contributed by atoms with E-state index in [0.717, 1.165) is 0 Å². The van der Waals surface area contributed by atoms with Crippen molar-refractivity contribution in [2.45, 2.75) is 13.5 Å². The second-order valence-corrected chi connectivity index (χ2v) is 3.68. The maximum Gasteiger partial charge on any atom is 0.325 e. The fourth-order valence-corrected chi connectivity index (χ4v) is 1.43. The molecule has 18 heavy (non-hydrogen) atoms. The van der Waals surface area contributed by atoms with Crippen LogP contribution in [0.2, 0.25) is 0 Å². The van der Waals surface area contributed by atoms with Gasteiger partial charge < -0.3 is 10.4 Å². The highest BCUT2D eigenvalue weighted by Gasteiger charge is 2.12. The van der Waals surface area contributed by atoms with Crippen molar-refractivity contribution in [2.24, 2.45) is 0 Å². The zero-order chi connectivity index (χ0) is 13.1. The number of hydrogen-bond acceptors (Lipinski definition) is 4. The van der Waals surface area contributed by atoms with Gasteiger partial charge in [-0.3, -0.25) is 19.4 Å². The Labute approximate surface area is 102 Å². The molecule has 0 fully saturated rings. The average Bonchev–Trinajstić information content (AvgIpc) is 2.87. The standard InChI is InChI=1S/C10H11N5O3/c1-6-8(3-11-14-6)10(18)13-7-2-12-15(4-7)5-9(16)17/h2-4H,5H2,1H3,(H,11,14)(H,13,18)(H,16,17). The smallest absolute Gasteiger partial charge is 0.325 e. The van der Waals surface area contributed by atoms with Crippen LogP contribution in [0.4, 0.5) is 5.69 Å². The van der Waals surface area contributed by atoms with E-state index in [0.29, 0.717) is 16.9 Å². The fraction of sp³-hybridized carbons (Fsp3) is 0.200. The molecule has 0 radical (unpaired) electrons. The van der Waals surface area contributed by atoms with Crippen molar-refractivity contribution in [3.05, 3.63) is 29.8 Å². The summed E-state index contributed by atoms with van der Waals surface area (Å²) in [5, 5.41) is 21.4. The topological polar surface area (TPSA) is 113 Å². The molecule has 0 unspecified atom stereocenters. The van der Waals surface area contributed by atoms with E-state index in [1.807, 2.05) is 0 Å². The highest BCUT2D eigenvalue weighted by molar-refractivity contribution is 6.04. The van der Waals surface area contributed by atoms with Crippen LogP contribution in [-0.4, -0.2) is 37.0 Å². The summed E-state index contributed by atoms with van der Waals surface area (Å²) in [5.41, 5.74) is 1.52. The maximum atomic E-state index is 11.8. The van der Waals surface area contributed by atoms with E-state index in [1.165, 1.54) is 23.3 Å². The van der Waals surface area contributed by atoms with E-state index >= 15 is 0 Å². The van der Waals surface area contributed by atoms with Crippen molar-refractivity contribution in [3.8, 4) is 0 Å². The quantitative estimate of drug-likeness (QED) is 0.718. The van der Waals surface area contributed by atoms with Gasteiger partial charge in [0.2, 0.25) is 0 Å². The van der Waals surface area contributed by atoms with E-state index in [4.69, 9.17) is 5.11 Å². The van der Waals surface area contributed by atoms with Crippen LogP contribution in [-0.2, 0) is 11.3 Å². The Hall–Kier alpha value is -2.64. The van der Waals surface area contributed by atoms with Crippen molar-refractivity contribution in [1.82, 2.24) is 20.0 Å². The van der Waals surface area contributed by atoms with E-state index < -0.39 is 5.97 Å². The van der Waals surface area contributed by atoms with Crippen LogP contribution in [0.25, 0.3) is 0 Å². The van der Waals surface area contributed by atoms with Crippen LogP contribution in [0.5, 0.6) is 0 Å². The summed E-state index contributed by atoms with van der Waals surface area (Å²) in [5.74, 6) is -1.32. The van der Waals surface area contributed by atoms with Crippen molar-refractivity contribution in [1.29, 1.82) is 0 Å². The summed E-state index contributed by atoms with van der Waals surface area (Å²) < 4.78 is 1.22. The second kappa shape index (κ2) is 4.70. The molecule has 0 bridgehead atoms. The molecule has 2 aromatic rings. The van der Waals surface area contributed by atoms with Crippen LogP contribution in [0.1, 0.15) is 16.1 Å². The number of rotatable bonds is 4. The van der Waals surface area contributed by atoms with Crippen LogP contribution in [0.3, 0.4) is 0 Å². The molecule has 8 heteroatoms. The third kappa shape index (κ3) is 2.54. The highest BCUT2D eigenvalue weighted by atomic mass is 16.4. The summed E-state index contributed by atoms with van der Waals surface area (Å²) in [6.07, 6.45) is 4.25. The van der Waals surface area contributed by atoms with Gasteiger partial charge >= 0.3 is 5.97 Å². The Kier molecular flexibility index (Phi) is 3.09. The fourth-order valence-electron chi connectivity index (χ4n) is 1.43. The van der Waals surface area contributed by atoms with Gasteiger partial charge in [0.1, 0.15) is 6.54 Å². The number of nitrogens with zero attached hydrogens (tertiary/aromatic N) is 3. The molecule has 3 N–H and O–H groups in total. The molecule has 94 valence electrons. The monoisotopic (exact) mass is 249 g/mol. The Bertz CT molecular complexity index is 586. The van der Waals surface area contributed by atoms with E-state index in [-0.39, 0.29) is 12.5 Å². The van der Waals surface area contributed by atoms with Gasteiger partial charge in [-0.1, -0.05) is 0 Å². The second-order valence-electron chi connectivity index (χ2n) is 3.68. The molecule has 2 heterocycles. The normalized spacial score (nSPS) is 10.3. The first-order chi connectivity index (χ1) is 8.56. The van der Waals surface area contributed by atoms with Gasteiger partial charge in [-0.15, -0.1) is 0 Å². The number of H-pyrrole nitrogens is 1. The predicted octanol–water partition coefficient (Wildman–Crippen LogP) is 0.252. The Morgan fingerprint density at radius 1 is 1.50 bits per heavy atom. The average molecular weight is 249 g/mol. The lowest BCUT2D eigenvalue weighted by Crippen LogP contribution is -2.12. The number of carboxylic acids is 1. The van der Waals surface area contributed by atoms with Gasteiger partial charge in [-0.05, 0) is 6.92 Å². The summed E-state index contributed by atoms with van der Waals surface area (Å²) in [4.78, 5) is 22.3. The Balaban J connectivity index is 2.06. The molecule has 0 aliphatic carbocycles. The molecular formula is C10H11N5O3. The lowest BCUT2D eigenvalue weighted by Gasteiger charge is -2.00. The molecule has 0 saturated heterocycles. The third-order valence-electron chi connectivity index (χ3n) is 2.26. The van der Waals surface area contributed by atoms with Gasteiger partial charge in [0, 0.05) is 11.9 Å². The number of aromatic amines is 1. The first-order valence-electron chi connectivity index (χ1n) is 5.12. The number of carboxylic acid groups (broad SMARTS) is 1. The largest absolute Gasteiger partial charge is 0.480 e. The summed E-state index contributed by atoms with van der Waals surface area (Å²) >= 11 is 0. The van der Waals surface area contributed by atoms with E-state index in [9.17, 15) is 9.59 Å². The van der Waals surface area contributed by atoms with Crippen LogP contribution >= 0.6 is 0 Å². The zero-order valence-electron chi connectivity index (χ0n) is 9.54. The SMILES string of the molecule is Cc1[nH]ncc1C(=O)Nc1cnn(CC(=O)O)c1. The number of aliphatic carboxylic acids is 1. The zero-order valence-corrected chi connectivity index (χ0v) is 9.54. The molecular weight excluding hydrogens is 238 g/mol. The molecule has 2 rings (SSSR count). The molecule has 8 nitrogen and oxygen atoms in total. The molecule has 0 saturated carbocycles. The number of aryl methyl sites for hydroxylation is 1.